The van der Waals surface area contributed by atoms with Gasteiger partial charge in [-0.25, -0.2) is 12.4 Å². The van der Waals surface area contributed by atoms with E-state index in [9.17, 15) is 8.42 Å². The summed E-state index contributed by atoms with van der Waals surface area (Å²) in [6.07, 6.45) is 2.84. The van der Waals surface area contributed by atoms with Gasteiger partial charge in [-0.2, -0.15) is 0 Å². The second-order valence-corrected chi connectivity index (χ2v) is 9.72. The number of hydrogen-bond acceptors (Lipinski definition) is 4. The van der Waals surface area contributed by atoms with Crippen LogP contribution in [-0.2, 0) is 10.0 Å². The van der Waals surface area contributed by atoms with Gasteiger partial charge in [-0.15, -0.1) is 0 Å². The van der Waals surface area contributed by atoms with Crippen LogP contribution >= 0.6 is 15.9 Å². The fourth-order valence-corrected chi connectivity index (χ4v) is 6.33. The van der Waals surface area contributed by atoms with Crippen molar-refractivity contribution in [1.29, 1.82) is 0 Å². The SMILES string of the molecule is CCN1CCC(c2cn(S(=O)(=O)c3ccccc3Br)c3ccc(OC)cc23)C1. The zero-order valence-electron chi connectivity index (χ0n) is 15.9. The summed E-state index contributed by atoms with van der Waals surface area (Å²) in [5.74, 6) is 1.04. The molecule has 1 aliphatic heterocycles. The van der Waals surface area contributed by atoms with Crippen molar-refractivity contribution in [2.75, 3.05) is 26.7 Å². The second-order valence-electron chi connectivity index (χ2n) is 7.08. The largest absolute Gasteiger partial charge is 0.497 e. The Labute approximate surface area is 174 Å². The molecular formula is C21H23BrN2O3S. The Hall–Kier alpha value is -1.83. The number of likely N-dealkylation sites (N-methyl/N-ethyl adjacent to an activating group) is 1. The molecule has 5 nitrogen and oxygen atoms in total. The van der Waals surface area contributed by atoms with Crippen molar-refractivity contribution >= 4 is 36.9 Å². The molecule has 1 aromatic heterocycles. The Morgan fingerprint density at radius 3 is 2.68 bits per heavy atom. The van der Waals surface area contributed by atoms with Crippen LogP contribution in [0.25, 0.3) is 10.9 Å². The molecule has 1 atom stereocenters. The third-order valence-electron chi connectivity index (χ3n) is 5.54. The van der Waals surface area contributed by atoms with Gasteiger partial charge in [-0.3, -0.25) is 0 Å². The zero-order chi connectivity index (χ0) is 19.9. The maximum Gasteiger partial charge on any atom is 0.269 e. The van der Waals surface area contributed by atoms with E-state index in [1.807, 2.05) is 30.5 Å². The first-order valence-electron chi connectivity index (χ1n) is 9.37. The van der Waals surface area contributed by atoms with Crippen LogP contribution in [0.4, 0.5) is 0 Å². The topological polar surface area (TPSA) is 51.5 Å². The van der Waals surface area contributed by atoms with Crippen LogP contribution in [0.15, 0.2) is 58.0 Å². The molecule has 0 N–H and O–H groups in total. The lowest BCUT2D eigenvalue weighted by Gasteiger charge is -2.12. The number of hydrogen-bond donors (Lipinski definition) is 0. The van der Waals surface area contributed by atoms with Crippen molar-refractivity contribution in [3.8, 4) is 5.75 Å². The van der Waals surface area contributed by atoms with E-state index in [4.69, 9.17) is 4.74 Å². The zero-order valence-corrected chi connectivity index (χ0v) is 18.3. The van der Waals surface area contributed by atoms with Crippen LogP contribution in [0.2, 0.25) is 0 Å². The molecule has 1 saturated heterocycles. The lowest BCUT2D eigenvalue weighted by molar-refractivity contribution is 0.354. The van der Waals surface area contributed by atoms with Gasteiger partial charge in [0.05, 0.1) is 12.6 Å². The molecule has 0 radical (unpaired) electrons. The standard InChI is InChI=1S/C21H23BrN2O3S/c1-3-23-11-10-15(13-23)18-14-24(20-9-8-16(27-2)12-17(18)20)28(25,26)21-7-5-4-6-19(21)22/h4-9,12,14-15H,3,10-11,13H2,1-2H3. The summed E-state index contributed by atoms with van der Waals surface area (Å²) in [7, 11) is -2.10. The molecule has 1 fully saturated rings. The number of halogens is 1. The molecule has 0 saturated carbocycles. The molecule has 2 aromatic carbocycles. The van der Waals surface area contributed by atoms with Crippen molar-refractivity contribution < 1.29 is 13.2 Å². The first-order chi connectivity index (χ1) is 13.5. The van der Waals surface area contributed by atoms with Gasteiger partial charge in [0.2, 0.25) is 0 Å². The van der Waals surface area contributed by atoms with Gasteiger partial charge >= 0.3 is 0 Å². The first kappa shape index (κ1) is 19.5. The van der Waals surface area contributed by atoms with E-state index in [2.05, 4.69) is 27.8 Å². The van der Waals surface area contributed by atoms with Crippen molar-refractivity contribution in [3.05, 3.63) is 58.7 Å². The van der Waals surface area contributed by atoms with Crippen LogP contribution in [0, 0.1) is 0 Å². The van der Waals surface area contributed by atoms with Gasteiger partial charge in [0.15, 0.2) is 0 Å². The number of methoxy groups -OCH3 is 1. The summed E-state index contributed by atoms with van der Waals surface area (Å²) in [5.41, 5.74) is 1.75. The van der Waals surface area contributed by atoms with E-state index in [1.165, 1.54) is 3.97 Å². The Morgan fingerprint density at radius 2 is 2.00 bits per heavy atom. The van der Waals surface area contributed by atoms with Gasteiger partial charge < -0.3 is 9.64 Å². The van der Waals surface area contributed by atoms with Gasteiger partial charge in [0.25, 0.3) is 10.0 Å². The fraction of sp³-hybridized carbons (Fsp3) is 0.333. The molecule has 148 valence electrons. The average molecular weight is 463 g/mol. The highest BCUT2D eigenvalue weighted by Gasteiger charge is 2.29. The van der Waals surface area contributed by atoms with Crippen LogP contribution < -0.4 is 4.74 Å². The number of nitrogens with zero attached hydrogens (tertiary/aromatic N) is 2. The third kappa shape index (κ3) is 3.25. The summed E-state index contributed by atoms with van der Waals surface area (Å²) in [5, 5.41) is 0.943. The summed E-state index contributed by atoms with van der Waals surface area (Å²) in [6, 6.07) is 12.5. The van der Waals surface area contributed by atoms with Crippen molar-refractivity contribution in [2.45, 2.75) is 24.2 Å². The van der Waals surface area contributed by atoms with E-state index in [-0.39, 0.29) is 4.90 Å². The van der Waals surface area contributed by atoms with Crippen molar-refractivity contribution in [2.24, 2.45) is 0 Å². The molecule has 0 bridgehead atoms. The molecule has 0 spiro atoms. The molecule has 28 heavy (non-hydrogen) atoms. The Kier molecular flexibility index (Phi) is 5.24. The molecule has 3 aromatic rings. The maximum absolute atomic E-state index is 13.5. The molecule has 4 rings (SSSR count). The van der Waals surface area contributed by atoms with Crippen LogP contribution in [0.1, 0.15) is 24.8 Å². The highest BCUT2D eigenvalue weighted by molar-refractivity contribution is 9.10. The van der Waals surface area contributed by atoms with Gasteiger partial charge in [0.1, 0.15) is 10.6 Å². The molecule has 0 amide bonds. The quantitative estimate of drug-likeness (QED) is 0.561. The third-order valence-corrected chi connectivity index (χ3v) is 8.23. The number of likely N-dealkylation sites (tertiary alicyclic amines) is 1. The lowest BCUT2D eigenvalue weighted by atomic mass is 9.98. The normalized spacial score (nSPS) is 18.0. The van der Waals surface area contributed by atoms with E-state index in [0.29, 0.717) is 15.9 Å². The fourth-order valence-electron chi connectivity index (χ4n) is 3.99. The van der Waals surface area contributed by atoms with E-state index < -0.39 is 10.0 Å². The smallest absolute Gasteiger partial charge is 0.269 e. The van der Waals surface area contributed by atoms with Gasteiger partial charge in [0, 0.05) is 22.6 Å². The summed E-state index contributed by atoms with van der Waals surface area (Å²) in [6.45, 7) is 5.15. The lowest BCUT2D eigenvalue weighted by Crippen LogP contribution is -2.19. The summed E-state index contributed by atoms with van der Waals surface area (Å²) >= 11 is 3.39. The molecule has 7 heteroatoms. The predicted octanol–water partition coefficient (Wildman–Crippen LogP) is 4.46. The highest BCUT2D eigenvalue weighted by atomic mass is 79.9. The number of rotatable bonds is 5. The number of benzene rings is 2. The number of fused-ring (bicyclic) bond motifs is 1. The minimum absolute atomic E-state index is 0.260. The van der Waals surface area contributed by atoms with Gasteiger partial charge in [-0.1, -0.05) is 19.1 Å². The Balaban J connectivity index is 1.91. The summed E-state index contributed by atoms with van der Waals surface area (Å²) < 4.78 is 34.3. The Morgan fingerprint density at radius 1 is 1.21 bits per heavy atom. The minimum atomic E-state index is -3.73. The number of ether oxygens (including phenoxy) is 1. The molecule has 2 heterocycles. The first-order valence-corrected chi connectivity index (χ1v) is 11.6. The van der Waals surface area contributed by atoms with E-state index in [1.54, 1.807) is 25.3 Å². The minimum Gasteiger partial charge on any atom is -0.497 e. The van der Waals surface area contributed by atoms with E-state index >= 15 is 0 Å². The van der Waals surface area contributed by atoms with Crippen LogP contribution in [0.3, 0.4) is 0 Å². The highest BCUT2D eigenvalue weighted by Crippen LogP contribution is 2.37. The monoisotopic (exact) mass is 462 g/mol. The molecule has 1 aliphatic rings. The van der Waals surface area contributed by atoms with Crippen molar-refractivity contribution in [3.63, 3.8) is 0 Å². The second kappa shape index (κ2) is 7.54. The van der Waals surface area contributed by atoms with Crippen LogP contribution in [0.5, 0.6) is 5.75 Å². The molecule has 1 unspecified atom stereocenters. The average Bonchev–Trinajstić information content (AvgIpc) is 3.32. The predicted molar refractivity (Wildman–Crippen MR) is 115 cm³/mol. The maximum atomic E-state index is 13.5. The van der Waals surface area contributed by atoms with Gasteiger partial charge in [-0.05, 0) is 77.3 Å². The van der Waals surface area contributed by atoms with Crippen molar-refractivity contribution in [1.82, 2.24) is 8.87 Å². The Bertz CT molecular complexity index is 1120. The molecule has 0 aliphatic carbocycles. The molecular weight excluding hydrogens is 440 g/mol. The van der Waals surface area contributed by atoms with E-state index in [0.717, 1.165) is 42.8 Å². The van der Waals surface area contributed by atoms with Crippen LogP contribution in [-0.4, -0.2) is 44.0 Å². The summed E-state index contributed by atoms with van der Waals surface area (Å²) in [4.78, 5) is 2.66. The number of aromatic nitrogens is 1.